The van der Waals surface area contributed by atoms with Crippen LogP contribution in [0.1, 0.15) is 12.8 Å². The van der Waals surface area contributed by atoms with E-state index in [4.69, 9.17) is 21.1 Å². The molecule has 0 spiro atoms. The first-order valence-electron chi connectivity index (χ1n) is 10.2. The van der Waals surface area contributed by atoms with Crippen molar-refractivity contribution in [2.24, 2.45) is 0 Å². The number of anilines is 2. The van der Waals surface area contributed by atoms with Gasteiger partial charge in [-0.25, -0.2) is 19.1 Å². The summed E-state index contributed by atoms with van der Waals surface area (Å²) >= 11 is 5.89. The maximum atomic E-state index is 13.5. The Hall–Kier alpha value is -2.73. The highest BCUT2D eigenvalue weighted by atomic mass is 35.5. The van der Waals surface area contributed by atoms with Crippen molar-refractivity contribution in [1.82, 2.24) is 19.0 Å². The van der Waals surface area contributed by atoms with Crippen molar-refractivity contribution in [3.63, 3.8) is 0 Å². The van der Waals surface area contributed by atoms with Crippen molar-refractivity contribution in [3.8, 4) is 11.5 Å². The molecule has 0 bridgehead atoms. The summed E-state index contributed by atoms with van der Waals surface area (Å²) in [4.78, 5) is 8.61. The van der Waals surface area contributed by atoms with E-state index in [1.165, 1.54) is 36.9 Å². The van der Waals surface area contributed by atoms with Crippen LogP contribution in [0.3, 0.4) is 0 Å². The van der Waals surface area contributed by atoms with E-state index >= 15 is 0 Å². The normalized spacial score (nSPS) is 15.5. The molecule has 33 heavy (non-hydrogen) atoms. The van der Waals surface area contributed by atoms with E-state index in [-0.39, 0.29) is 11.1 Å². The lowest BCUT2D eigenvalue weighted by Crippen LogP contribution is -2.45. The fourth-order valence-corrected chi connectivity index (χ4v) is 4.76. The first-order valence-corrected chi connectivity index (χ1v) is 12.0. The molecule has 0 amide bonds. The fourth-order valence-electron chi connectivity index (χ4n) is 3.62. The van der Waals surface area contributed by atoms with E-state index in [2.05, 4.69) is 20.0 Å². The van der Waals surface area contributed by atoms with Crippen molar-refractivity contribution in [2.75, 3.05) is 32.6 Å². The first-order chi connectivity index (χ1) is 15.8. The number of hydrogen-bond acceptors (Lipinski definition) is 7. The van der Waals surface area contributed by atoms with Crippen LogP contribution in [0.5, 0.6) is 11.5 Å². The summed E-state index contributed by atoms with van der Waals surface area (Å²) in [5.41, 5.74) is 1.19. The number of aromatic nitrogens is 2. The summed E-state index contributed by atoms with van der Waals surface area (Å²) in [5, 5.41) is 3.80. The zero-order valence-corrected chi connectivity index (χ0v) is 19.6. The van der Waals surface area contributed by atoms with Crippen molar-refractivity contribution in [3.05, 3.63) is 47.5 Å². The van der Waals surface area contributed by atoms with Crippen molar-refractivity contribution >= 4 is 44.2 Å². The summed E-state index contributed by atoms with van der Waals surface area (Å²) in [5.74, 6) is 0.978. The molecule has 0 unspecified atom stereocenters. The molecule has 1 aliphatic rings. The maximum absolute atomic E-state index is 13.5. The molecule has 0 radical (unpaired) electrons. The molecular weight excluding hydrogens is 473 g/mol. The van der Waals surface area contributed by atoms with Crippen LogP contribution in [0.15, 0.2) is 36.7 Å². The van der Waals surface area contributed by atoms with E-state index in [0.29, 0.717) is 59.8 Å². The van der Waals surface area contributed by atoms with Gasteiger partial charge < -0.3 is 14.8 Å². The minimum absolute atomic E-state index is 0.00400. The zero-order valence-electron chi connectivity index (χ0n) is 18.0. The minimum atomic E-state index is -3.45. The number of nitrogens with one attached hydrogen (secondary N) is 2. The van der Waals surface area contributed by atoms with Crippen LogP contribution >= 0.6 is 11.6 Å². The number of hydrogen-bond donors (Lipinski definition) is 2. The average Bonchev–Trinajstić information content (AvgIpc) is 2.82. The predicted octanol–water partition coefficient (Wildman–Crippen LogP) is 3.48. The van der Waals surface area contributed by atoms with Gasteiger partial charge in [-0.15, -0.1) is 0 Å². The van der Waals surface area contributed by atoms with Crippen LogP contribution < -0.4 is 19.5 Å². The number of benzene rings is 2. The van der Waals surface area contributed by atoms with Gasteiger partial charge in [0.2, 0.25) is 0 Å². The second kappa shape index (κ2) is 9.64. The Labute approximate surface area is 196 Å². The molecule has 1 fully saturated rings. The van der Waals surface area contributed by atoms with Crippen molar-refractivity contribution < 1.29 is 22.3 Å². The van der Waals surface area contributed by atoms with E-state index in [9.17, 15) is 12.8 Å². The second-order valence-electron chi connectivity index (χ2n) is 7.42. The number of fused-ring (bicyclic) bond motifs is 1. The van der Waals surface area contributed by atoms with Gasteiger partial charge in [-0.2, -0.15) is 12.7 Å². The molecule has 2 aromatic carbocycles. The molecule has 3 aromatic rings. The van der Waals surface area contributed by atoms with Crippen LogP contribution in [0.4, 0.5) is 15.9 Å². The Morgan fingerprint density at radius 2 is 1.91 bits per heavy atom. The Morgan fingerprint density at radius 1 is 1.15 bits per heavy atom. The Balaban J connectivity index is 1.59. The summed E-state index contributed by atoms with van der Waals surface area (Å²) in [6.07, 6.45) is 2.30. The molecule has 9 nitrogen and oxygen atoms in total. The van der Waals surface area contributed by atoms with E-state index in [0.717, 1.165) is 0 Å². The van der Waals surface area contributed by atoms with Crippen LogP contribution in [0, 0.1) is 5.82 Å². The molecule has 1 saturated heterocycles. The van der Waals surface area contributed by atoms with Gasteiger partial charge in [-0.3, -0.25) is 0 Å². The van der Waals surface area contributed by atoms with E-state index in [1.807, 2.05) is 0 Å². The molecule has 1 aromatic heterocycles. The van der Waals surface area contributed by atoms with Gasteiger partial charge in [0.15, 0.2) is 11.5 Å². The van der Waals surface area contributed by atoms with Gasteiger partial charge in [0.05, 0.1) is 17.6 Å². The molecule has 4 rings (SSSR count). The molecule has 12 heteroatoms. The number of piperidine rings is 1. The third-order valence-electron chi connectivity index (χ3n) is 5.40. The summed E-state index contributed by atoms with van der Waals surface area (Å²) in [7, 11) is -0.522. The summed E-state index contributed by atoms with van der Waals surface area (Å²) < 4.78 is 52.9. The third kappa shape index (κ3) is 5.11. The highest BCUT2D eigenvalue weighted by Gasteiger charge is 2.28. The molecular formula is C21H23ClFN5O4S. The van der Waals surface area contributed by atoms with Crippen molar-refractivity contribution in [1.29, 1.82) is 0 Å². The molecule has 176 valence electrons. The van der Waals surface area contributed by atoms with Gasteiger partial charge in [-0.05, 0) is 37.1 Å². The van der Waals surface area contributed by atoms with Gasteiger partial charge >= 0.3 is 0 Å². The van der Waals surface area contributed by atoms with Crippen LogP contribution in [0.2, 0.25) is 5.02 Å². The third-order valence-corrected chi connectivity index (χ3v) is 7.25. The van der Waals surface area contributed by atoms with Gasteiger partial charge in [0.1, 0.15) is 24.1 Å². The van der Waals surface area contributed by atoms with Gasteiger partial charge in [0.25, 0.3) is 10.2 Å². The standard InChI is InChI=1S/C21H23ClFN5O4S/c1-24-33(29,30)28-7-5-14(6-8-28)32-20-10-15-18(11-19(20)31-2)25-12-26-21(15)27-13-3-4-17(23)16(22)9-13/h3-4,9-12,14,24H,5-8H2,1-2H3,(H,25,26,27). The smallest absolute Gasteiger partial charge is 0.279 e. The lowest BCUT2D eigenvalue weighted by atomic mass is 10.1. The zero-order chi connectivity index (χ0) is 23.6. The Bertz CT molecular complexity index is 1270. The van der Waals surface area contributed by atoms with Crippen LogP contribution in [-0.2, 0) is 10.2 Å². The topological polar surface area (TPSA) is 106 Å². The van der Waals surface area contributed by atoms with E-state index < -0.39 is 16.0 Å². The quantitative estimate of drug-likeness (QED) is 0.517. The second-order valence-corrected chi connectivity index (χ2v) is 9.70. The number of nitrogens with zero attached hydrogens (tertiary/aromatic N) is 3. The average molecular weight is 496 g/mol. The first kappa shape index (κ1) is 23.4. The Kier molecular flexibility index (Phi) is 6.84. The SMILES string of the molecule is CNS(=O)(=O)N1CCC(Oc2cc3c(Nc4ccc(F)c(Cl)c4)ncnc3cc2OC)CC1. The molecule has 1 aliphatic heterocycles. The van der Waals surface area contributed by atoms with Gasteiger partial charge in [0, 0.05) is 37.3 Å². The summed E-state index contributed by atoms with van der Waals surface area (Å²) in [6.45, 7) is 0.704. The predicted molar refractivity (Wildman–Crippen MR) is 124 cm³/mol. The van der Waals surface area contributed by atoms with Gasteiger partial charge in [-0.1, -0.05) is 11.6 Å². The molecule has 0 aliphatic carbocycles. The summed E-state index contributed by atoms with van der Waals surface area (Å²) in [6, 6.07) is 7.82. The largest absolute Gasteiger partial charge is 0.493 e. The molecule has 2 N–H and O–H groups in total. The highest BCUT2D eigenvalue weighted by molar-refractivity contribution is 7.87. The Morgan fingerprint density at radius 3 is 2.58 bits per heavy atom. The number of halogens is 2. The molecule has 0 saturated carbocycles. The maximum Gasteiger partial charge on any atom is 0.279 e. The van der Waals surface area contributed by atoms with Crippen molar-refractivity contribution in [2.45, 2.75) is 18.9 Å². The number of methoxy groups -OCH3 is 1. The fraction of sp³-hybridized carbons (Fsp3) is 0.333. The lowest BCUT2D eigenvalue weighted by molar-refractivity contribution is 0.131. The lowest BCUT2D eigenvalue weighted by Gasteiger charge is -2.31. The van der Waals surface area contributed by atoms with Crippen LogP contribution in [-0.4, -0.2) is 56.0 Å². The molecule has 0 atom stereocenters. The highest BCUT2D eigenvalue weighted by Crippen LogP contribution is 2.36. The van der Waals surface area contributed by atoms with E-state index in [1.54, 1.807) is 18.2 Å². The number of ether oxygens (including phenoxy) is 2. The van der Waals surface area contributed by atoms with Crippen LogP contribution in [0.25, 0.3) is 10.9 Å². The minimum Gasteiger partial charge on any atom is -0.493 e. The number of rotatable bonds is 7. The molecule has 2 heterocycles. The monoisotopic (exact) mass is 495 g/mol.